The lowest BCUT2D eigenvalue weighted by Crippen LogP contribution is -2.43. The molecule has 1 amide bonds. The molecular weight excluding hydrogens is 311 g/mol. The maximum atomic E-state index is 13.2. The molecular formula is C13H12ClFN6O. The van der Waals surface area contributed by atoms with Crippen LogP contribution in [-0.4, -0.2) is 31.5 Å². The van der Waals surface area contributed by atoms with Gasteiger partial charge in [-0.3, -0.25) is 4.79 Å². The molecule has 1 aliphatic carbocycles. The highest BCUT2D eigenvalue weighted by atomic mass is 35.5. The highest BCUT2D eigenvalue weighted by Gasteiger charge is 2.44. The SMILES string of the molecule is O=C(NCc1cc(F)cnc1Cl)C1(c2nn[nH]n2)CC=CC1. The van der Waals surface area contributed by atoms with Crippen LogP contribution < -0.4 is 5.32 Å². The molecule has 0 atom stereocenters. The molecule has 22 heavy (non-hydrogen) atoms. The van der Waals surface area contributed by atoms with Gasteiger partial charge in [0.15, 0.2) is 5.82 Å². The normalized spacial score (nSPS) is 15.9. The Morgan fingerprint density at radius 2 is 2.23 bits per heavy atom. The number of pyridine rings is 1. The third-order valence-corrected chi connectivity index (χ3v) is 3.97. The van der Waals surface area contributed by atoms with Crippen LogP contribution in [0.15, 0.2) is 24.4 Å². The van der Waals surface area contributed by atoms with Crippen molar-refractivity contribution in [2.24, 2.45) is 0 Å². The Hall–Kier alpha value is -2.35. The predicted octanol–water partition coefficient (Wildman–Crippen LogP) is 1.29. The summed E-state index contributed by atoms with van der Waals surface area (Å²) in [6.07, 6.45) is 5.77. The van der Waals surface area contributed by atoms with Crippen LogP contribution in [0.25, 0.3) is 0 Å². The van der Waals surface area contributed by atoms with Gasteiger partial charge >= 0.3 is 0 Å². The van der Waals surface area contributed by atoms with Gasteiger partial charge in [-0.2, -0.15) is 5.21 Å². The number of allylic oxidation sites excluding steroid dienone is 2. The van der Waals surface area contributed by atoms with E-state index in [4.69, 9.17) is 11.6 Å². The van der Waals surface area contributed by atoms with E-state index in [9.17, 15) is 9.18 Å². The molecule has 0 bridgehead atoms. The van der Waals surface area contributed by atoms with Crippen molar-refractivity contribution in [1.29, 1.82) is 0 Å². The standard InChI is InChI=1S/C13H12ClFN6O/c14-10-8(5-9(15)7-16-10)6-17-12(22)13(3-1-2-4-13)11-18-20-21-19-11/h1-2,5,7H,3-4,6H2,(H,17,22)(H,18,19,20,21). The van der Waals surface area contributed by atoms with Gasteiger partial charge in [0.05, 0.1) is 6.20 Å². The lowest BCUT2D eigenvalue weighted by atomic mass is 9.83. The van der Waals surface area contributed by atoms with Crippen LogP contribution in [0.4, 0.5) is 4.39 Å². The van der Waals surface area contributed by atoms with E-state index in [2.05, 4.69) is 30.9 Å². The second-order valence-electron chi connectivity index (χ2n) is 4.98. The minimum absolute atomic E-state index is 0.0715. The van der Waals surface area contributed by atoms with Gasteiger partial charge in [0.25, 0.3) is 0 Å². The van der Waals surface area contributed by atoms with E-state index in [0.717, 1.165) is 6.20 Å². The zero-order chi connectivity index (χ0) is 15.6. The second kappa shape index (κ2) is 5.80. The summed E-state index contributed by atoms with van der Waals surface area (Å²) < 4.78 is 13.2. The van der Waals surface area contributed by atoms with Gasteiger partial charge in [0, 0.05) is 12.1 Å². The average molecular weight is 323 g/mol. The van der Waals surface area contributed by atoms with Crippen LogP contribution >= 0.6 is 11.6 Å². The van der Waals surface area contributed by atoms with E-state index in [1.165, 1.54) is 6.07 Å². The highest BCUT2D eigenvalue weighted by Crippen LogP contribution is 2.35. The molecule has 2 heterocycles. The first kappa shape index (κ1) is 14.6. The fourth-order valence-corrected chi connectivity index (χ4v) is 2.59. The molecule has 114 valence electrons. The summed E-state index contributed by atoms with van der Waals surface area (Å²) in [5, 5.41) is 16.6. The Labute approximate surface area is 130 Å². The Morgan fingerprint density at radius 1 is 1.45 bits per heavy atom. The Kier molecular flexibility index (Phi) is 3.84. The van der Waals surface area contributed by atoms with Gasteiger partial charge in [-0.05, 0) is 18.9 Å². The Bertz CT molecular complexity index is 709. The number of nitrogens with zero attached hydrogens (tertiary/aromatic N) is 4. The number of aromatic amines is 1. The molecule has 3 rings (SSSR count). The summed E-state index contributed by atoms with van der Waals surface area (Å²) in [4.78, 5) is 16.3. The fourth-order valence-electron chi connectivity index (χ4n) is 2.42. The lowest BCUT2D eigenvalue weighted by molar-refractivity contribution is -0.126. The third kappa shape index (κ3) is 2.57. The number of hydrogen-bond acceptors (Lipinski definition) is 5. The number of carbonyl (C=O) groups is 1. The van der Waals surface area contributed by atoms with E-state index in [-0.39, 0.29) is 17.6 Å². The molecule has 0 spiro atoms. The van der Waals surface area contributed by atoms with Crippen molar-refractivity contribution in [3.05, 3.63) is 46.8 Å². The van der Waals surface area contributed by atoms with Crippen LogP contribution in [-0.2, 0) is 16.8 Å². The molecule has 0 saturated heterocycles. The van der Waals surface area contributed by atoms with Gasteiger partial charge in [0.2, 0.25) is 5.91 Å². The number of hydrogen-bond donors (Lipinski definition) is 2. The number of tetrazole rings is 1. The van der Waals surface area contributed by atoms with Gasteiger partial charge in [-0.1, -0.05) is 29.0 Å². The maximum Gasteiger partial charge on any atom is 0.234 e. The number of nitrogens with one attached hydrogen (secondary N) is 2. The monoisotopic (exact) mass is 322 g/mol. The van der Waals surface area contributed by atoms with Crippen molar-refractivity contribution in [3.8, 4) is 0 Å². The first-order valence-electron chi connectivity index (χ1n) is 6.59. The molecule has 2 N–H and O–H groups in total. The summed E-state index contributed by atoms with van der Waals surface area (Å²) in [5.41, 5.74) is -0.482. The van der Waals surface area contributed by atoms with Crippen LogP contribution in [0, 0.1) is 5.82 Å². The van der Waals surface area contributed by atoms with Crippen molar-refractivity contribution in [2.45, 2.75) is 24.8 Å². The number of amides is 1. The van der Waals surface area contributed by atoms with Crippen molar-refractivity contribution in [3.63, 3.8) is 0 Å². The molecule has 0 radical (unpaired) electrons. The molecule has 1 aliphatic rings. The smallest absolute Gasteiger partial charge is 0.234 e. The largest absolute Gasteiger partial charge is 0.351 e. The molecule has 0 aliphatic heterocycles. The summed E-state index contributed by atoms with van der Waals surface area (Å²) in [6.45, 7) is 0.0715. The second-order valence-corrected chi connectivity index (χ2v) is 5.34. The summed E-state index contributed by atoms with van der Waals surface area (Å²) in [6, 6.07) is 1.24. The van der Waals surface area contributed by atoms with Crippen molar-refractivity contribution < 1.29 is 9.18 Å². The molecule has 0 saturated carbocycles. The van der Waals surface area contributed by atoms with E-state index < -0.39 is 11.2 Å². The van der Waals surface area contributed by atoms with Gasteiger partial charge in [0.1, 0.15) is 16.4 Å². The number of rotatable bonds is 4. The minimum atomic E-state index is -0.889. The summed E-state index contributed by atoms with van der Waals surface area (Å²) >= 11 is 5.89. The quantitative estimate of drug-likeness (QED) is 0.653. The van der Waals surface area contributed by atoms with E-state index in [1.807, 2.05) is 12.2 Å². The molecule has 7 nitrogen and oxygen atoms in total. The maximum absolute atomic E-state index is 13.2. The zero-order valence-corrected chi connectivity index (χ0v) is 12.1. The highest BCUT2D eigenvalue weighted by molar-refractivity contribution is 6.30. The third-order valence-electron chi connectivity index (χ3n) is 3.63. The molecule has 0 aromatic carbocycles. The molecule has 2 aromatic rings. The summed E-state index contributed by atoms with van der Waals surface area (Å²) in [5.74, 6) is -0.443. The summed E-state index contributed by atoms with van der Waals surface area (Å²) in [7, 11) is 0. The van der Waals surface area contributed by atoms with Crippen molar-refractivity contribution >= 4 is 17.5 Å². The molecule has 0 unspecified atom stereocenters. The fraction of sp³-hybridized carbons (Fsp3) is 0.308. The zero-order valence-electron chi connectivity index (χ0n) is 11.4. The Morgan fingerprint density at radius 3 is 2.91 bits per heavy atom. The topological polar surface area (TPSA) is 96.5 Å². The average Bonchev–Trinajstić information content (AvgIpc) is 3.19. The number of halogens is 2. The molecule has 2 aromatic heterocycles. The Balaban J connectivity index is 1.77. The van der Waals surface area contributed by atoms with Crippen LogP contribution in [0.5, 0.6) is 0 Å². The molecule has 9 heteroatoms. The van der Waals surface area contributed by atoms with E-state index in [1.54, 1.807) is 0 Å². The van der Waals surface area contributed by atoms with Gasteiger partial charge in [-0.15, -0.1) is 10.2 Å². The van der Waals surface area contributed by atoms with E-state index >= 15 is 0 Å². The molecule has 0 fully saturated rings. The number of aromatic nitrogens is 5. The van der Waals surface area contributed by atoms with Crippen molar-refractivity contribution in [2.75, 3.05) is 0 Å². The van der Waals surface area contributed by atoms with Crippen LogP contribution in [0.2, 0.25) is 5.15 Å². The van der Waals surface area contributed by atoms with Gasteiger partial charge < -0.3 is 5.32 Å². The first-order chi connectivity index (χ1) is 10.6. The first-order valence-corrected chi connectivity index (χ1v) is 6.97. The predicted molar refractivity (Wildman–Crippen MR) is 75.3 cm³/mol. The van der Waals surface area contributed by atoms with Crippen molar-refractivity contribution in [1.82, 2.24) is 30.9 Å². The van der Waals surface area contributed by atoms with Gasteiger partial charge in [-0.25, -0.2) is 9.37 Å². The van der Waals surface area contributed by atoms with Crippen LogP contribution in [0.3, 0.4) is 0 Å². The van der Waals surface area contributed by atoms with E-state index in [0.29, 0.717) is 24.2 Å². The number of carbonyl (C=O) groups excluding carboxylic acids is 1. The minimum Gasteiger partial charge on any atom is -0.351 e. The van der Waals surface area contributed by atoms with Crippen LogP contribution in [0.1, 0.15) is 24.2 Å². The number of H-pyrrole nitrogens is 1. The lowest BCUT2D eigenvalue weighted by Gasteiger charge is -2.24.